The quantitative estimate of drug-likeness (QED) is 0.510. The monoisotopic (exact) mass is 204 g/mol. The van der Waals surface area contributed by atoms with Gasteiger partial charge in [-0.3, -0.25) is 9.59 Å². The van der Waals surface area contributed by atoms with E-state index in [9.17, 15) is 9.59 Å². The third kappa shape index (κ3) is 8.16. The van der Waals surface area contributed by atoms with Gasteiger partial charge in [-0.1, -0.05) is 13.8 Å². The van der Waals surface area contributed by atoms with E-state index in [-0.39, 0.29) is 38.7 Å². The molecule has 0 spiro atoms. The molecule has 0 amide bonds. The molecule has 0 rings (SSSR count). The van der Waals surface area contributed by atoms with Crippen LogP contribution in [0.25, 0.3) is 0 Å². The van der Waals surface area contributed by atoms with Gasteiger partial charge in [-0.2, -0.15) is 0 Å². The van der Waals surface area contributed by atoms with Crippen LogP contribution >= 0.6 is 12.3 Å². The van der Waals surface area contributed by atoms with E-state index >= 15 is 0 Å². The van der Waals surface area contributed by atoms with E-state index in [1.54, 1.807) is 13.8 Å². The molecule has 0 fully saturated rings. The molecule has 0 heterocycles. The van der Waals surface area contributed by atoms with E-state index in [0.717, 1.165) is 0 Å². The molecule has 0 saturated carbocycles. The molecule has 12 heavy (non-hydrogen) atoms. The summed E-state index contributed by atoms with van der Waals surface area (Å²) in [7, 11) is 0. The molecular weight excluding hydrogens is 192 g/mol. The summed E-state index contributed by atoms with van der Waals surface area (Å²) in [5.74, 6) is -0.808. The fourth-order valence-corrected chi connectivity index (χ4v) is 0.632. The normalized spacial score (nSPS) is 8.17. The van der Waals surface area contributed by atoms with Gasteiger partial charge in [0.15, 0.2) is 0 Å². The zero-order chi connectivity index (χ0) is 8.69. The third-order valence-electron chi connectivity index (χ3n) is 0.831. The Morgan fingerprint density at radius 2 is 1.50 bits per heavy atom. The Balaban J connectivity index is -0.000000167. The molecule has 0 aliphatic rings. The van der Waals surface area contributed by atoms with Crippen molar-refractivity contribution in [2.75, 3.05) is 0 Å². The van der Waals surface area contributed by atoms with Crippen LogP contribution in [0.4, 0.5) is 0 Å². The molecule has 4 nitrogen and oxygen atoms in total. The van der Waals surface area contributed by atoms with Crippen LogP contribution in [0.5, 0.6) is 0 Å². The molecule has 0 aromatic rings. The van der Waals surface area contributed by atoms with E-state index in [4.69, 9.17) is 0 Å². The summed E-state index contributed by atoms with van der Waals surface area (Å²) in [5.41, 5.74) is 0. The number of carbonyl (C=O) groups is 2. The van der Waals surface area contributed by atoms with Gasteiger partial charge >= 0.3 is 35.0 Å². The molecule has 0 bridgehead atoms. The van der Waals surface area contributed by atoms with Gasteiger partial charge in [-0.15, -0.1) is 0 Å². The maximum absolute atomic E-state index is 10.4. The van der Waals surface area contributed by atoms with Crippen LogP contribution in [0.1, 0.15) is 29.5 Å². The molecule has 0 radical (unpaired) electrons. The van der Waals surface area contributed by atoms with Crippen molar-refractivity contribution in [3.05, 3.63) is 0 Å². The zero-order valence-corrected chi connectivity index (χ0v) is 9.39. The first-order valence-electron chi connectivity index (χ1n) is 3.27. The summed E-state index contributed by atoms with van der Waals surface area (Å²) < 4.78 is 8.80. The van der Waals surface area contributed by atoms with Crippen LogP contribution < -0.4 is 0 Å². The van der Waals surface area contributed by atoms with Gasteiger partial charge in [0.1, 0.15) is 0 Å². The second kappa shape index (κ2) is 9.15. The minimum atomic E-state index is -0.404. The standard InChI is InChI=1S/C6H10O4S.Mg.2H/c1-3-5(7)9-11-10-6(8)4-2;;;/h3-4H2,1-2H3;;;/q;+2;2*-1. The molecular formula is C6H12MgO4S. The number of carbonyl (C=O) groups excluding carboxylic acids is 2. The smallest absolute Gasteiger partial charge is 1.00 e. The maximum Gasteiger partial charge on any atom is 2.00 e. The van der Waals surface area contributed by atoms with Crippen molar-refractivity contribution < 1.29 is 20.8 Å². The van der Waals surface area contributed by atoms with Gasteiger partial charge in [0, 0.05) is 12.8 Å². The van der Waals surface area contributed by atoms with Gasteiger partial charge in [0.25, 0.3) is 12.3 Å². The van der Waals surface area contributed by atoms with Crippen molar-refractivity contribution in [3.8, 4) is 0 Å². The Morgan fingerprint density at radius 3 is 1.75 bits per heavy atom. The summed E-state index contributed by atoms with van der Waals surface area (Å²) >= 11 is 0.420. The van der Waals surface area contributed by atoms with Crippen molar-refractivity contribution in [3.63, 3.8) is 0 Å². The largest absolute Gasteiger partial charge is 2.00 e. The van der Waals surface area contributed by atoms with Crippen LogP contribution in [-0.4, -0.2) is 35.0 Å². The van der Waals surface area contributed by atoms with Crippen molar-refractivity contribution in [1.82, 2.24) is 0 Å². The van der Waals surface area contributed by atoms with Gasteiger partial charge in [-0.05, 0) is 0 Å². The first-order chi connectivity index (χ1) is 5.20. The summed E-state index contributed by atoms with van der Waals surface area (Å²) in [4.78, 5) is 20.9. The average Bonchev–Trinajstić information content (AvgIpc) is 2.04. The Hall–Kier alpha value is 0.0562. The van der Waals surface area contributed by atoms with Crippen molar-refractivity contribution in [2.45, 2.75) is 26.7 Å². The second-order valence-corrected chi connectivity index (χ2v) is 2.16. The van der Waals surface area contributed by atoms with E-state index < -0.39 is 11.9 Å². The first-order valence-corrected chi connectivity index (χ1v) is 3.94. The molecule has 68 valence electrons. The van der Waals surface area contributed by atoms with Gasteiger partial charge in [-0.25, -0.2) is 0 Å². The molecule has 0 saturated heterocycles. The minimum absolute atomic E-state index is 0. The Bertz CT molecular complexity index is 143. The Morgan fingerprint density at radius 1 is 1.17 bits per heavy atom. The molecule has 0 aliphatic carbocycles. The molecule has 0 atom stereocenters. The second-order valence-electron chi connectivity index (χ2n) is 1.69. The average molecular weight is 205 g/mol. The predicted molar refractivity (Wildman–Crippen MR) is 48.3 cm³/mol. The van der Waals surface area contributed by atoms with Crippen molar-refractivity contribution >= 4 is 47.3 Å². The number of rotatable bonds is 4. The third-order valence-corrected chi connectivity index (χ3v) is 1.34. The van der Waals surface area contributed by atoms with E-state index in [1.807, 2.05) is 0 Å². The van der Waals surface area contributed by atoms with Crippen molar-refractivity contribution in [2.24, 2.45) is 0 Å². The summed E-state index contributed by atoms with van der Waals surface area (Å²) in [6.45, 7) is 3.31. The van der Waals surface area contributed by atoms with E-state index in [2.05, 4.69) is 8.37 Å². The number of hydrogen-bond acceptors (Lipinski definition) is 5. The molecule has 0 N–H and O–H groups in total. The topological polar surface area (TPSA) is 52.6 Å². The molecule has 0 aliphatic heterocycles. The molecule has 6 heteroatoms. The SMILES string of the molecule is CCC(=O)OSOC(=O)CC.[H-].[H-].[Mg+2]. The summed E-state index contributed by atoms with van der Waals surface area (Å²) in [6.07, 6.45) is 0.549. The minimum Gasteiger partial charge on any atom is -1.00 e. The van der Waals surface area contributed by atoms with Crippen LogP contribution in [0.3, 0.4) is 0 Å². The van der Waals surface area contributed by atoms with Crippen LogP contribution in [0.15, 0.2) is 0 Å². The van der Waals surface area contributed by atoms with Crippen LogP contribution in [0, 0.1) is 0 Å². The molecule has 0 aromatic heterocycles. The summed E-state index contributed by atoms with van der Waals surface area (Å²) in [6, 6.07) is 0. The van der Waals surface area contributed by atoms with Crippen LogP contribution in [0.2, 0.25) is 0 Å². The molecule has 0 aromatic carbocycles. The van der Waals surface area contributed by atoms with Crippen LogP contribution in [-0.2, 0) is 18.0 Å². The first kappa shape index (κ1) is 14.6. The summed E-state index contributed by atoms with van der Waals surface area (Å²) in [5, 5.41) is 0. The van der Waals surface area contributed by atoms with Gasteiger partial charge < -0.3 is 11.2 Å². The van der Waals surface area contributed by atoms with E-state index in [0.29, 0.717) is 12.3 Å². The van der Waals surface area contributed by atoms with Gasteiger partial charge in [0.2, 0.25) is 0 Å². The fraction of sp³-hybridized carbons (Fsp3) is 0.667. The van der Waals surface area contributed by atoms with Gasteiger partial charge in [0.05, 0.1) is 0 Å². The van der Waals surface area contributed by atoms with E-state index in [1.165, 1.54) is 0 Å². The maximum atomic E-state index is 10.4. The van der Waals surface area contributed by atoms with Crippen molar-refractivity contribution in [1.29, 1.82) is 0 Å². The Kier molecular flexibility index (Phi) is 11.1. The molecule has 0 unspecified atom stereocenters. The number of hydrogen-bond donors (Lipinski definition) is 0. The zero-order valence-electron chi connectivity index (χ0n) is 9.16. The predicted octanol–water partition coefficient (Wildman–Crippen LogP) is 1.30. The Labute approximate surface area is 94.9 Å². The fourth-order valence-electron chi connectivity index (χ4n) is 0.211.